The van der Waals surface area contributed by atoms with Gasteiger partial charge in [0.2, 0.25) is 5.88 Å². The number of hydrogen-bond acceptors (Lipinski definition) is 6. The van der Waals surface area contributed by atoms with E-state index in [-0.39, 0.29) is 0 Å². The average molecular weight is 388 g/mol. The van der Waals surface area contributed by atoms with Crippen molar-refractivity contribution in [2.75, 3.05) is 10.6 Å². The second-order valence-corrected chi connectivity index (χ2v) is 6.58. The molecule has 0 spiro atoms. The number of benzene rings is 2. The van der Waals surface area contributed by atoms with Gasteiger partial charge in [-0.2, -0.15) is 0 Å². The van der Waals surface area contributed by atoms with E-state index in [1.54, 1.807) is 42.5 Å². The van der Waals surface area contributed by atoms with Crippen LogP contribution in [0.15, 0.2) is 73.2 Å². The number of rotatable bonds is 7. The monoisotopic (exact) mass is 388 g/mol. The fourth-order valence-corrected chi connectivity index (χ4v) is 2.52. The molecule has 0 bridgehead atoms. The SMILES string of the molecule is Bc1ccc(C(O)C(=O)Nc2ccc(Oc3cc(NC(=C)C)ncn3)cc2)cc1. The molecule has 0 saturated heterocycles. The number of nitrogens with one attached hydrogen (secondary N) is 2. The molecule has 1 aromatic heterocycles. The molecule has 0 radical (unpaired) electrons. The maximum absolute atomic E-state index is 12.3. The molecule has 3 rings (SSSR count). The van der Waals surface area contributed by atoms with Crippen LogP contribution in [-0.2, 0) is 4.79 Å². The van der Waals surface area contributed by atoms with Crippen molar-refractivity contribution in [1.29, 1.82) is 0 Å². The van der Waals surface area contributed by atoms with Crippen LogP contribution in [0.5, 0.6) is 11.6 Å². The van der Waals surface area contributed by atoms with Gasteiger partial charge in [0, 0.05) is 17.5 Å². The van der Waals surface area contributed by atoms with Crippen molar-refractivity contribution in [1.82, 2.24) is 9.97 Å². The minimum atomic E-state index is -1.24. The molecule has 29 heavy (non-hydrogen) atoms. The molecule has 0 aliphatic carbocycles. The van der Waals surface area contributed by atoms with Gasteiger partial charge < -0.3 is 20.5 Å². The number of nitrogens with zero attached hydrogens (tertiary/aromatic N) is 2. The van der Waals surface area contributed by atoms with Crippen molar-refractivity contribution in [3.63, 3.8) is 0 Å². The zero-order valence-electron chi connectivity index (χ0n) is 16.2. The summed E-state index contributed by atoms with van der Waals surface area (Å²) < 4.78 is 5.71. The number of aliphatic hydroxyl groups is 1. The molecule has 0 fully saturated rings. The zero-order chi connectivity index (χ0) is 20.8. The van der Waals surface area contributed by atoms with Crippen LogP contribution in [0, 0.1) is 0 Å². The number of ether oxygens (including phenoxy) is 1. The Bertz CT molecular complexity index is 1010. The van der Waals surface area contributed by atoms with Gasteiger partial charge in [-0.1, -0.05) is 36.3 Å². The number of aliphatic hydroxyl groups excluding tert-OH is 1. The summed E-state index contributed by atoms with van der Waals surface area (Å²) in [6, 6.07) is 15.6. The van der Waals surface area contributed by atoms with Gasteiger partial charge in [-0.05, 0) is 36.8 Å². The van der Waals surface area contributed by atoms with Crippen molar-refractivity contribution in [3.05, 3.63) is 78.8 Å². The Morgan fingerprint density at radius 3 is 2.45 bits per heavy atom. The van der Waals surface area contributed by atoms with Crippen molar-refractivity contribution in [2.24, 2.45) is 0 Å². The third kappa shape index (κ3) is 5.66. The molecule has 0 aliphatic rings. The first kappa shape index (κ1) is 20.1. The van der Waals surface area contributed by atoms with E-state index in [1.807, 2.05) is 26.9 Å². The van der Waals surface area contributed by atoms with Gasteiger partial charge in [0.1, 0.15) is 25.7 Å². The van der Waals surface area contributed by atoms with E-state index < -0.39 is 12.0 Å². The van der Waals surface area contributed by atoms with E-state index in [2.05, 4.69) is 27.2 Å². The summed E-state index contributed by atoms with van der Waals surface area (Å²) in [6.07, 6.45) is 0.147. The van der Waals surface area contributed by atoms with Crippen LogP contribution < -0.4 is 20.8 Å². The van der Waals surface area contributed by atoms with E-state index in [1.165, 1.54) is 6.33 Å². The first-order chi connectivity index (χ1) is 13.9. The van der Waals surface area contributed by atoms with Crippen LogP contribution in [0.3, 0.4) is 0 Å². The van der Waals surface area contributed by atoms with Crippen molar-refractivity contribution in [2.45, 2.75) is 13.0 Å². The van der Waals surface area contributed by atoms with Gasteiger partial charge in [0.15, 0.2) is 6.10 Å². The lowest BCUT2D eigenvalue weighted by Gasteiger charge is -2.12. The van der Waals surface area contributed by atoms with Crippen LogP contribution in [0.25, 0.3) is 0 Å². The Hall–Kier alpha value is -3.65. The average Bonchev–Trinajstić information content (AvgIpc) is 2.69. The van der Waals surface area contributed by atoms with Crippen LogP contribution >= 0.6 is 0 Å². The summed E-state index contributed by atoms with van der Waals surface area (Å²) in [6.45, 7) is 5.59. The third-order valence-electron chi connectivity index (χ3n) is 3.97. The first-order valence-electron chi connectivity index (χ1n) is 8.99. The van der Waals surface area contributed by atoms with Crippen LogP contribution in [0.4, 0.5) is 11.5 Å². The minimum Gasteiger partial charge on any atom is -0.439 e. The largest absolute Gasteiger partial charge is 0.439 e. The van der Waals surface area contributed by atoms with E-state index >= 15 is 0 Å². The lowest BCUT2D eigenvalue weighted by molar-refractivity contribution is -0.124. The highest BCUT2D eigenvalue weighted by molar-refractivity contribution is 6.32. The van der Waals surface area contributed by atoms with Crippen LogP contribution in [0.1, 0.15) is 18.6 Å². The predicted octanol–water partition coefficient (Wildman–Crippen LogP) is 2.14. The van der Waals surface area contributed by atoms with Gasteiger partial charge in [0.25, 0.3) is 5.91 Å². The molecule has 3 aromatic rings. The highest BCUT2D eigenvalue weighted by Gasteiger charge is 2.17. The summed E-state index contributed by atoms with van der Waals surface area (Å²) in [5.41, 5.74) is 2.89. The van der Waals surface area contributed by atoms with E-state index in [0.29, 0.717) is 28.7 Å². The molecule has 7 nitrogen and oxygen atoms in total. The fourth-order valence-electron chi connectivity index (χ4n) is 2.52. The maximum atomic E-state index is 12.3. The van der Waals surface area contributed by atoms with Gasteiger partial charge >= 0.3 is 0 Å². The number of aromatic nitrogens is 2. The Morgan fingerprint density at radius 1 is 1.10 bits per heavy atom. The van der Waals surface area contributed by atoms with Crippen LogP contribution in [-0.4, -0.2) is 28.8 Å². The Kier molecular flexibility index (Phi) is 6.26. The number of allylic oxidation sites excluding steroid dienone is 1. The lowest BCUT2D eigenvalue weighted by Crippen LogP contribution is -2.21. The summed E-state index contributed by atoms with van der Waals surface area (Å²) in [4.78, 5) is 20.4. The lowest BCUT2D eigenvalue weighted by atomic mass is 9.94. The zero-order valence-corrected chi connectivity index (χ0v) is 16.2. The summed E-state index contributed by atoms with van der Waals surface area (Å²) in [7, 11) is 1.94. The molecule has 1 amide bonds. The number of anilines is 2. The summed E-state index contributed by atoms with van der Waals surface area (Å²) >= 11 is 0. The van der Waals surface area contributed by atoms with E-state index in [9.17, 15) is 9.90 Å². The minimum absolute atomic E-state index is 0.371. The molecular formula is C21H21BN4O3. The molecule has 2 aromatic carbocycles. The molecule has 3 N–H and O–H groups in total. The highest BCUT2D eigenvalue weighted by atomic mass is 16.5. The Morgan fingerprint density at radius 2 is 1.79 bits per heavy atom. The number of carbonyl (C=O) groups excluding carboxylic acids is 1. The molecule has 0 saturated carbocycles. The third-order valence-corrected chi connectivity index (χ3v) is 3.97. The quantitative estimate of drug-likeness (QED) is 0.537. The first-order valence-corrected chi connectivity index (χ1v) is 8.99. The molecule has 1 atom stereocenters. The van der Waals surface area contributed by atoms with E-state index in [4.69, 9.17) is 4.74 Å². The second-order valence-electron chi connectivity index (χ2n) is 6.58. The predicted molar refractivity (Wildman–Crippen MR) is 115 cm³/mol. The molecule has 1 unspecified atom stereocenters. The number of carbonyl (C=O) groups is 1. The second kappa shape index (κ2) is 9.03. The highest BCUT2D eigenvalue weighted by Crippen LogP contribution is 2.23. The van der Waals surface area contributed by atoms with Crippen molar-refractivity contribution < 1.29 is 14.6 Å². The molecule has 0 aliphatic heterocycles. The summed E-state index contributed by atoms with van der Waals surface area (Å²) in [5.74, 6) is 0.989. The smallest absolute Gasteiger partial charge is 0.257 e. The fraction of sp³-hybridized carbons (Fsp3) is 0.0952. The molecular weight excluding hydrogens is 367 g/mol. The van der Waals surface area contributed by atoms with Gasteiger partial charge in [-0.25, -0.2) is 9.97 Å². The number of amides is 1. The van der Waals surface area contributed by atoms with Crippen LogP contribution in [0.2, 0.25) is 0 Å². The van der Waals surface area contributed by atoms with Gasteiger partial charge in [-0.15, -0.1) is 0 Å². The van der Waals surface area contributed by atoms with E-state index in [0.717, 1.165) is 11.2 Å². The molecule has 146 valence electrons. The topological polar surface area (TPSA) is 96.4 Å². The molecule has 1 heterocycles. The van der Waals surface area contributed by atoms with Gasteiger partial charge in [-0.3, -0.25) is 4.79 Å². The maximum Gasteiger partial charge on any atom is 0.257 e. The number of hydrogen-bond donors (Lipinski definition) is 3. The Balaban J connectivity index is 1.62. The van der Waals surface area contributed by atoms with Gasteiger partial charge in [0.05, 0.1) is 0 Å². The molecule has 8 heteroatoms. The standard InChI is InChI=1S/C21H21BN4O3/c1-13(2)25-18-11-19(24-12-23-18)29-17-9-7-16(8-10-17)26-21(28)20(27)14-3-5-15(22)6-4-14/h3-12,20,27H,1,22H2,2H3,(H,26,28)(H,23,24,25). The Labute approximate surface area is 169 Å². The van der Waals surface area contributed by atoms with Crippen molar-refractivity contribution >= 4 is 30.7 Å². The van der Waals surface area contributed by atoms with Crippen molar-refractivity contribution in [3.8, 4) is 11.6 Å². The summed E-state index contributed by atoms with van der Waals surface area (Å²) in [5, 5.41) is 15.9. The normalized spacial score (nSPS) is 11.4.